The van der Waals surface area contributed by atoms with Crippen molar-refractivity contribution in [1.82, 2.24) is 4.90 Å². The van der Waals surface area contributed by atoms with Gasteiger partial charge in [-0.1, -0.05) is 19.3 Å². The third-order valence-electron chi connectivity index (χ3n) is 6.44. The van der Waals surface area contributed by atoms with E-state index in [1.165, 1.54) is 44.2 Å². The molecule has 2 N–H and O–H groups in total. The van der Waals surface area contributed by atoms with E-state index in [1.807, 2.05) is 4.90 Å². The molecule has 0 bridgehead atoms. The van der Waals surface area contributed by atoms with Crippen molar-refractivity contribution in [2.75, 3.05) is 35.8 Å². The van der Waals surface area contributed by atoms with Gasteiger partial charge in [-0.2, -0.15) is 0 Å². The van der Waals surface area contributed by atoms with Gasteiger partial charge in [-0.15, -0.1) is 0 Å². The summed E-state index contributed by atoms with van der Waals surface area (Å²) in [4.78, 5) is 15.5. The SMILES string of the molecule is O=C(O)c1ccc(N2CCN(C3CCCCC3)CC2)c(NS(=O)(=O)c2ccc(F)c(F)c2)c1. The first-order valence-corrected chi connectivity index (χ1v) is 12.6. The van der Waals surface area contributed by atoms with Crippen molar-refractivity contribution in [2.24, 2.45) is 0 Å². The van der Waals surface area contributed by atoms with Gasteiger partial charge in [0.05, 0.1) is 21.8 Å². The Morgan fingerprint density at radius 3 is 2.27 bits per heavy atom. The van der Waals surface area contributed by atoms with Gasteiger partial charge in [0.2, 0.25) is 0 Å². The molecule has 1 saturated carbocycles. The maximum absolute atomic E-state index is 13.6. The molecule has 178 valence electrons. The van der Waals surface area contributed by atoms with Crippen molar-refractivity contribution in [3.63, 3.8) is 0 Å². The molecule has 10 heteroatoms. The quantitative estimate of drug-likeness (QED) is 0.653. The van der Waals surface area contributed by atoms with E-state index in [9.17, 15) is 27.1 Å². The summed E-state index contributed by atoms with van der Waals surface area (Å²) in [6.07, 6.45) is 6.18. The van der Waals surface area contributed by atoms with E-state index in [1.54, 1.807) is 6.07 Å². The van der Waals surface area contributed by atoms with Crippen LogP contribution in [0.25, 0.3) is 0 Å². The summed E-state index contributed by atoms with van der Waals surface area (Å²) < 4.78 is 55.0. The molecule has 7 nitrogen and oxygen atoms in total. The molecule has 2 fully saturated rings. The van der Waals surface area contributed by atoms with Crippen molar-refractivity contribution in [3.8, 4) is 0 Å². The fraction of sp³-hybridized carbons (Fsp3) is 0.435. The summed E-state index contributed by atoms with van der Waals surface area (Å²) in [5.41, 5.74) is 0.558. The van der Waals surface area contributed by atoms with Crippen LogP contribution in [0.1, 0.15) is 42.5 Å². The molecule has 0 amide bonds. The minimum Gasteiger partial charge on any atom is -0.478 e. The van der Waals surface area contributed by atoms with Gasteiger partial charge in [-0.3, -0.25) is 9.62 Å². The second kappa shape index (κ2) is 9.64. The minimum atomic E-state index is -4.27. The fourth-order valence-electron chi connectivity index (χ4n) is 4.65. The zero-order valence-corrected chi connectivity index (χ0v) is 19.0. The maximum atomic E-state index is 13.6. The third kappa shape index (κ3) is 5.27. The van der Waals surface area contributed by atoms with Crippen molar-refractivity contribution < 1.29 is 27.1 Å². The van der Waals surface area contributed by atoms with Gasteiger partial charge in [0.25, 0.3) is 10.0 Å². The summed E-state index contributed by atoms with van der Waals surface area (Å²) in [5, 5.41) is 9.38. The third-order valence-corrected chi connectivity index (χ3v) is 7.80. The Morgan fingerprint density at radius 1 is 0.939 bits per heavy atom. The van der Waals surface area contributed by atoms with Crippen molar-refractivity contribution in [2.45, 2.75) is 43.0 Å². The molecular weight excluding hydrogens is 452 g/mol. The Labute approximate surface area is 192 Å². The Hall–Kier alpha value is -2.72. The van der Waals surface area contributed by atoms with E-state index in [0.717, 1.165) is 25.2 Å². The van der Waals surface area contributed by atoms with Crippen LogP contribution in [0, 0.1) is 11.6 Å². The van der Waals surface area contributed by atoms with Crippen LogP contribution in [0.15, 0.2) is 41.3 Å². The summed E-state index contributed by atoms with van der Waals surface area (Å²) in [7, 11) is -4.27. The van der Waals surface area contributed by atoms with Gasteiger partial charge in [-0.05, 0) is 49.2 Å². The molecule has 2 aliphatic rings. The Kier molecular flexibility index (Phi) is 6.85. The number of halogens is 2. The molecular formula is C23H27F2N3O4S. The second-order valence-electron chi connectivity index (χ2n) is 8.53. The molecule has 0 aromatic heterocycles. The highest BCUT2D eigenvalue weighted by Gasteiger charge is 2.27. The molecule has 0 spiro atoms. The lowest BCUT2D eigenvalue weighted by Crippen LogP contribution is -2.51. The normalized spacial score (nSPS) is 18.3. The molecule has 4 rings (SSSR count). The Balaban J connectivity index is 1.58. The van der Waals surface area contributed by atoms with Crippen LogP contribution in [0.4, 0.5) is 20.2 Å². The lowest BCUT2D eigenvalue weighted by molar-refractivity contribution is 0.0697. The van der Waals surface area contributed by atoms with Gasteiger partial charge in [0.15, 0.2) is 11.6 Å². The van der Waals surface area contributed by atoms with Crippen LogP contribution in [0.2, 0.25) is 0 Å². The van der Waals surface area contributed by atoms with Crippen molar-refractivity contribution >= 4 is 27.4 Å². The number of nitrogens with one attached hydrogen (secondary N) is 1. The standard InChI is InChI=1S/C23H27F2N3O4S/c24-19-8-7-18(15-20(19)25)33(31,32)26-21-14-16(23(29)30)6-9-22(21)28-12-10-27(11-13-28)17-4-2-1-3-5-17/h6-9,14-15,17,26H,1-5,10-13H2,(H,29,30). The number of aromatic carboxylic acids is 1. The highest BCUT2D eigenvalue weighted by atomic mass is 32.2. The van der Waals surface area contributed by atoms with E-state index in [0.29, 0.717) is 30.9 Å². The Bertz CT molecular complexity index is 1130. The number of rotatable bonds is 6. The Morgan fingerprint density at radius 2 is 1.64 bits per heavy atom. The van der Waals surface area contributed by atoms with Crippen molar-refractivity contribution in [3.05, 3.63) is 53.6 Å². The molecule has 2 aromatic carbocycles. The van der Waals surface area contributed by atoms with Crippen LogP contribution in [-0.4, -0.2) is 56.6 Å². The number of carbonyl (C=O) groups is 1. The highest BCUT2D eigenvalue weighted by molar-refractivity contribution is 7.92. The molecule has 1 aliphatic carbocycles. The van der Waals surface area contributed by atoms with E-state index in [4.69, 9.17) is 0 Å². The molecule has 1 saturated heterocycles. The largest absolute Gasteiger partial charge is 0.478 e. The number of sulfonamides is 1. The monoisotopic (exact) mass is 479 g/mol. The minimum absolute atomic E-state index is 0.0809. The molecule has 1 aliphatic heterocycles. The second-order valence-corrected chi connectivity index (χ2v) is 10.2. The van der Waals surface area contributed by atoms with Gasteiger partial charge >= 0.3 is 5.97 Å². The smallest absolute Gasteiger partial charge is 0.335 e. The number of hydrogen-bond donors (Lipinski definition) is 2. The van der Waals surface area contributed by atoms with Gasteiger partial charge in [-0.25, -0.2) is 22.0 Å². The molecule has 0 atom stereocenters. The predicted octanol–water partition coefficient (Wildman–Crippen LogP) is 3.92. The van der Waals surface area contributed by atoms with Crippen molar-refractivity contribution in [1.29, 1.82) is 0 Å². The zero-order valence-electron chi connectivity index (χ0n) is 18.1. The first kappa shape index (κ1) is 23.4. The first-order valence-electron chi connectivity index (χ1n) is 11.1. The number of benzene rings is 2. The van der Waals surface area contributed by atoms with Crippen LogP contribution < -0.4 is 9.62 Å². The molecule has 33 heavy (non-hydrogen) atoms. The van der Waals surface area contributed by atoms with E-state index in [2.05, 4.69) is 9.62 Å². The first-order chi connectivity index (χ1) is 15.7. The van der Waals surface area contributed by atoms with E-state index >= 15 is 0 Å². The number of anilines is 2. The molecule has 0 radical (unpaired) electrons. The number of nitrogens with zero attached hydrogens (tertiary/aromatic N) is 2. The maximum Gasteiger partial charge on any atom is 0.335 e. The highest BCUT2D eigenvalue weighted by Crippen LogP contribution is 2.32. The molecule has 2 aromatic rings. The number of carboxylic acid groups (broad SMARTS) is 1. The lowest BCUT2D eigenvalue weighted by Gasteiger charge is -2.42. The zero-order chi connectivity index (χ0) is 23.6. The van der Waals surface area contributed by atoms with Crippen LogP contribution >= 0.6 is 0 Å². The average molecular weight is 480 g/mol. The predicted molar refractivity (Wildman–Crippen MR) is 121 cm³/mol. The van der Waals surface area contributed by atoms with E-state index in [-0.39, 0.29) is 11.3 Å². The average Bonchev–Trinajstić information content (AvgIpc) is 2.81. The molecule has 1 heterocycles. The number of carboxylic acids is 1. The fourth-order valence-corrected chi connectivity index (χ4v) is 5.73. The van der Waals surface area contributed by atoms with E-state index < -0.39 is 32.5 Å². The molecule has 0 unspecified atom stereocenters. The van der Waals surface area contributed by atoms with Crippen LogP contribution in [0.3, 0.4) is 0 Å². The van der Waals surface area contributed by atoms with Crippen LogP contribution in [0.5, 0.6) is 0 Å². The van der Waals surface area contributed by atoms with Gasteiger partial charge in [0.1, 0.15) is 0 Å². The number of piperazine rings is 1. The summed E-state index contributed by atoms with van der Waals surface area (Å²) in [6.45, 7) is 3.01. The topological polar surface area (TPSA) is 89.9 Å². The lowest BCUT2D eigenvalue weighted by atomic mass is 9.94. The summed E-state index contributed by atoms with van der Waals surface area (Å²) in [6, 6.07) is 7.15. The summed E-state index contributed by atoms with van der Waals surface area (Å²) in [5.74, 6) is -3.63. The van der Waals surface area contributed by atoms with Gasteiger partial charge in [0, 0.05) is 32.2 Å². The van der Waals surface area contributed by atoms with Gasteiger partial charge < -0.3 is 10.0 Å². The van der Waals surface area contributed by atoms with Crippen LogP contribution in [-0.2, 0) is 10.0 Å². The number of hydrogen-bond acceptors (Lipinski definition) is 5. The summed E-state index contributed by atoms with van der Waals surface area (Å²) >= 11 is 0.